The molecule has 0 aromatic heterocycles. The zero-order valence-corrected chi connectivity index (χ0v) is 10.9. The van der Waals surface area contributed by atoms with E-state index in [-0.39, 0.29) is 0 Å². The Morgan fingerprint density at radius 3 is 2.53 bits per heavy atom. The summed E-state index contributed by atoms with van der Waals surface area (Å²) in [7, 11) is 2.29. The average Bonchev–Trinajstić information content (AvgIpc) is 2.18. The number of likely N-dealkylation sites (N-methyl/N-ethyl adjacent to an activating group) is 2. The molecule has 2 atom stereocenters. The lowest BCUT2D eigenvalue weighted by Gasteiger charge is -2.39. The molecule has 1 rings (SSSR count). The molecule has 0 amide bonds. The van der Waals surface area contributed by atoms with Crippen molar-refractivity contribution in [3.05, 3.63) is 0 Å². The molecule has 0 aromatic rings. The molecule has 15 heavy (non-hydrogen) atoms. The van der Waals surface area contributed by atoms with Crippen LogP contribution in [-0.4, -0.2) is 37.1 Å². The number of nitrogens with zero attached hydrogens (tertiary/aromatic N) is 1. The maximum atomic E-state index is 3.65. The number of hydrogen-bond acceptors (Lipinski definition) is 2. The summed E-state index contributed by atoms with van der Waals surface area (Å²) >= 11 is 0. The topological polar surface area (TPSA) is 15.3 Å². The molecule has 2 unspecified atom stereocenters. The highest BCUT2D eigenvalue weighted by atomic mass is 15.2. The van der Waals surface area contributed by atoms with E-state index in [1.807, 2.05) is 0 Å². The third kappa shape index (κ3) is 4.12. The third-order valence-electron chi connectivity index (χ3n) is 3.42. The highest BCUT2D eigenvalue weighted by Gasteiger charge is 2.27. The predicted octanol–water partition coefficient (Wildman–Crippen LogP) is 2.49. The molecule has 1 saturated carbocycles. The van der Waals surface area contributed by atoms with Gasteiger partial charge in [0.2, 0.25) is 0 Å². The highest BCUT2D eigenvalue weighted by Crippen LogP contribution is 2.23. The molecule has 0 spiro atoms. The van der Waals surface area contributed by atoms with E-state index >= 15 is 0 Å². The lowest BCUT2D eigenvalue weighted by Crippen LogP contribution is -2.51. The van der Waals surface area contributed by atoms with E-state index in [4.69, 9.17) is 0 Å². The fourth-order valence-electron chi connectivity index (χ4n) is 2.85. The lowest BCUT2D eigenvalue weighted by atomic mass is 9.89. The van der Waals surface area contributed by atoms with Crippen molar-refractivity contribution in [3.63, 3.8) is 0 Å². The molecule has 1 fully saturated rings. The third-order valence-corrected chi connectivity index (χ3v) is 3.42. The summed E-state index contributed by atoms with van der Waals surface area (Å²) in [5.41, 5.74) is 0. The molecule has 90 valence electrons. The zero-order chi connectivity index (χ0) is 11.3. The van der Waals surface area contributed by atoms with Gasteiger partial charge in [-0.2, -0.15) is 0 Å². The van der Waals surface area contributed by atoms with Crippen LogP contribution >= 0.6 is 0 Å². The molecule has 1 N–H and O–H groups in total. The molecular weight excluding hydrogens is 184 g/mol. The molecular formula is C13H28N2. The minimum atomic E-state index is 0.729. The van der Waals surface area contributed by atoms with Gasteiger partial charge in [0.05, 0.1) is 0 Å². The maximum Gasteiger partial charge on any atom is 0.0246 e. The van der Waals surface area contributed by atoms with Crippen molar-refractivity contribution in [1.29, 1.82) is 0 Å². The quantitative estimate of drug-likeness (QED) is 0.753. The second-order valence-electron chi connectivity index (χ2n) is 5.35. The molecule has 0 aromatic carbocycles. The Balaban J connectivity index is 2.46. The van der Waals surface area contributed by atoms with Crippen molar-refractivity contribution in [2.75, 3.05) is 20.1 Å². The van der Waals surface area contributed by atoms with Crippen LogP contribution < -0.4 is 5.32 Å². The summed E-state index contributed by atoms with van der Waals surface area (Å²) in [6.07, 6.45) is 5.56. The highest BCUT2D eigenvalue weighted by molar-refractivity contribution is 4.87. The van der Waals surface area contributed by atoms with E-state index in [0.717, 1.165) is 24.5 Å². The fraction of sp³-hybridized carbons (Fsp3) is 1.00. The summed E-state index contributed by atoms with van der Waals surface area (Å²) in [5, 5.41) is 3.65. The van der Waals surface area contributed by atoms with Gasteiger partial charge < -0.3 is 10.2 Å². The van der Waals surface area contributed by atoms with E-state index in [0.29, 0.717) is 0 Å². The second-order valence-corrected chi connectivity index (χ2v) is 5.35. The van der Waals surface area contributed by atoms with Crippen molar-refractivity contribution in [3.8, 4) is 0 Å². The van der Waals surface area contributed by atoms with Gasteiger partial charge in [0.25, 0.3) is 0 Å². The summed E-state index contributed by atoms with van der Waals surface area (Å²) < 4.78 is 0. The van der Waals surface area contributed by atoms with Gasteiger partial charge in [-0.15, -0.1) is 0 Å². The smallest absolute Gasteiger partial charge is 0.0246 e. The second kappa shape index (κ2) is 6.49. The molecule has 1 aliphatic rings. The summed E-state index contributed by atoms with van der Waals surface area (Å²) in [6, 6.07) is 1.49. The van der Waals surface area contributed by atoms with Crippen LogP contribution in [0.1, 0.15) is 46.5 Å². The van der Waals surface area contributed by atoms with Crippen molar-refractivity contribution < 1.29 is 0 Å². The Bertz CT molecular complexity index is 166. The van der Waals surface area contributed by atoms with Crippen LogP contribution in [0.5, 0.6) is 0 Å². The molecule has 0 radical (unpaired) electrons. The summed E-state index contributed by atoms with van der Waals surface area (Å²) in [5.74, 6) is 0.777. The summed E-state index contributed by atoms with van der Waals surface area (Å²) in [6.45, 7) is 9.17. The number of rotatable bonds is 5. The van der Waals surface area contributed by atoms with E-state index in [9.17, 15) is 0 Å². The number of nitrogens with one attached hydrogen (secondary N) is 1. The standard InChI is InChI=1S/C13H28N2/c1-5-14-12-8-6-7-9-13(12)15(4)10-11(2)3/h11-14H,5-10H2,1-4H3. The van der Waals surface area contributed by atoms with Crippen LogP contribution in [0, 0.1) is 5.92 Å². The summed E-state index contributed by atoms with van der Waals surface area (Å²) in [4.78, 5) is 2.57. The van der Waals surface area contributed by atoms with Crippen molar-refractivity contribution >= 4 is 0 Å². The van der Waals surface area contributed by atoms with Gasteiger partial charge >= 0.3 is 0 Å². The molecule has 1 aliphatic carbocycles. The monoisotopic (exact) mass is 212 g/mol. The van der Waals surface area contributed by atoms with Crippen LogP contribution in [0.3, 0.4) is 0 Å². The van der Waals surface area contributed by atoms with Gasteiger partial charge in [-0.25, -0.2) is 0 Å². The molecule has 0 saturated heterocycles. The minimum Gasteiger partial charge on any atom is -0.313 e. The van der Waals surface area contributed by atoms with E-state index in [1.54, 1.807) is 0 Å². The van der Waals surface area contributed by atoms with Gasteiger partial charge in [-0.1, -0.05) is 33.6 Å². The Labute approximate surface area is 95.4 Å². The molecule has 0 bridgehead atoms. The molecule has 0 heterocycles. The van der Waals surface area contributed by atoms with Crippen molar-refractivity contribution in [2.45, 2.75) is 58.5 Å². The van der Waals surface area contributed by atoms with Crippen LogP contribution in [0.25, 0.3) is 0 Å². The Hall–Kier alpha value is -0.0800. The number of hydrogen-bond donors (Lipinski definition) is 1. The maximum absolute atomic E-state index is 3.65. The fourth-order valence-corrected chi connectivity index (χ4v) is 2.85. The van der Waals surface area contributed by atoms with Crippen molar-refractivity contribution in [2.24, 2.45) is 5.92 Å². The van der Waals surface area contributed by atoms with Crippen molar-refractivity contribution in [1.82, 2.24) is 10.2 Å². The Kier molecular flexibility index (Phi) is 5.62. The van der Waals surface area contributed by atoms with Gasteiger partial charge in [0, 0.05) is 18.6 Å². The lowest BCUT2D eigenvalue weighted by molar-refractivity contribution is 0.137. The van der Waals surface area contributed by atoms with Crippen LogP contribution in [0.2, 0.25) is 0 Å². The first-order valence-electron chi connectivity index (χ1n) is 6.58. The SMILES string of the molecule is CCNC1CCCCC1N(C)CC(C)C. The predicted molar refractivity (Wildman–Crippen MR) is 67.2 cm³/mol. The Morgan fingerprint density at radius 2 is 1.93 bits per heavy atom. The Morgan fingerprint density at radius 1 is 1.27 bits per heavy atom. The van der Waals surface area contributed by atoms with Gasteiger partial charge in [-0.05, 0) is 32.4 Å². The van der Waals surface area contributed by atoms with Crippen LogP contribution in [-0.2, 0) is 0 Å². The van der Waals surface area contributed by atoms with E-state index in [2.05, 4.69) is 38.0 Å². The molecule has 2 heteroatoms. The van der Waals surface area contributed by atoms with Crippen LogP contribution in [0.15, 0.2) is 0 Å². The average molecular weight is 212 g/mol. The first-order valence-corrected chi connectivity index (χ1v) is 6.58. The largest absolute Gasteiger partial charge is 0.313 e. The minimum absolute atomic E-state index is 0.729. The first kappa shape index (κ1) is 13.0. The van der Waals surface area contributed by atoms with Gasteiger partial charge in [-0.3, -0.25) is 0 Å². The van der Waals surface area contributed by atoms with E-state index in [1.165, 1.54) is 32.2 Å². The van der Waals surface area contributed by atoms with E-state index < -0.39 is 0 Å². The first-order chi connectivity index (χ1) is 7.15. The van der Waals surface area contributed by atoms with Gasteiger partial charge in [0.15, 0.2) is 0 Å². The normalized spacial score (nSPS) is 27.6. The van der Waals surface area contributed by atoms with Crippen LogP contribution in [0.4, 0.5) is 0 Å². The van der Waals surface area contributed by atoms with Gasteiger partial charge in [0.1, 0.15) is 0 Å². The molecule has 2 nitrogen and oxygen atoms in total. The molecule has 0 aliphatic heterocycles. The zero-order valence-electron chi connectivity index (χ0n) is 10.9.